The van der Waals surface area contributed by atoms with Gasteiger partial charge in [-0.2, -0.15) is 0 Å². The van der Waals surface area contributed by atoms with Crippen LogP contribution in [0.5, 0.6) is 0 Å². The predicted molar refractivity (Wildman–Crippen MR) is 305 cm³/mol. The molecular formula is C59H46ClN11O3S. The van der Waals surface area contributed by atoms with E-state index in [-0.39, 0.29) is 34.1 Å². The molecule has 0 saturated carbocycles. The molecule has 2 aliphatic rings. The first-order valence-corrected chi connectivity index (χ1v) is 25.0. The predicted octanol–water partition coefficient (Wildman–Crippen LogP) is 13.1. The summed E-state index contributed by atoms with van der Waals surface area (Å²) in [6.45, 7) is 0. The molecule has 0 spiro atoms. The first-order valence-electron chi connectivity index (χ1n) is 23.5. The molecule has 3 aromatic heterocycles. The number of rotatable bonds is 9. The summed E-state index contributed by atoms with van der Waals surface area (Å²) in [7, 11) is -3.86. The van der Waals surface area contributed by atoms with Crippen LogP contribution in [0, 0.1) is 10.8 Å². The summed E-state index contributed by atoms with van der Waals surface area (Å²) in [6, 6.07) is 57.6. The highest BCUT2D eigenvalue weighted by Gasteiger charge is 2.21. The first kappa shape index (κ1) is 48.8. The van der Waals surface area contributed by atoms with Gasteiger partial charge < -0.3 is 31.7 Å². The van der Waals surface area contributed by atoms with E-state index in [1.165, 1.54) is 48.5 Å². The largest absolute Gasteiger partial charge is 0.370 e. The lowest BCUT2D eigenvalue weighted by molar-refractivity contribution is 0.256. The average molecular weight is 1020 g/mol. The molecule has 0 saturated heterocycles. The molecule has 8 bridgehead atoms. The van der Waals surface area contributed by atoms with E-state index < -0.39 is 15.9 Å². The SMILES string of the molecule is Cl.N=C(N)Nc1ccc(S(=O)(=O)c2ccc(NC(=N)NC(=O)Nc3ccc(-c4c5nc(c(-c6ccccc6)c6ccc([nH]6)c(-c6ccccc6)c6nc(c(-c7ccccc7)c7ccc4[nH]7)C=C6)C=C5)cc3)cc2)cc1. The van der Waals surface area contributed by atoms with Crippen LogP contribution in [-0.4, -0.2) is 46.3 Å². The summed E-state index contributed by atoms with van der Waals surface area (Å²) in [4.78, 5) is 31.6. The number of hydrogen-bond acceptors (Lipinski definition) is 7. The topological polar surface area (TPSA) is 230 Å². The number of nitrogens with two attached hydrogens (primary N) is 1. The number of nitrogens with one attached hydrogen (secondary N) is 8. The number of carbonyl (C=O) groups is 1. The van der Waals surface area contributed by atoms with Crippen molar-refractivity contribution in [1.29, 1.82) is 10.8 Å². The average Bonchev–Trinajstić information content (AvgIpc) is 4.27. The number of hydrogen-bond donors (Lipinski definition) is 9. The summed E-state index contributed by atoms with van der Waals surface area (Å²) in [5, 5.41) is 26.5. The van der Waals surface area contributed by atoms with Gasteiger partial charge >= 0.3 is 6.03 Å². The molecule has 6 aromatic carbocycles. The van der Waals surface area contributed by atoms with E-state index in [2.05, 4.69) is 104 Å². The highest BCUT2D eigenvalue weighted by Crippen LogP contribution is 2.39. The number of nitrogens with zero attached hydrogens (tertiary/aromatic N) is 2. The number of carbonyl (C=O) groups excluding carboxylic acids is 1. The quantitative estimate of drug-likeness (QED) is 0.0497. The van der Waals surface area contributed by atoms with E-state index in [4.69, 9.17) is 26.5 Å². The molecule has 10 N–H and O–H groups in total. The second kappa shape index (κ2) is 20.7. The normalized spacial score (nSPS) is 11.6. The summed E-state index contributed by atoms with van der Waals surface area (Å²) < 4.78 is 26.6. The van der Waals surface area contributed by atoms with Gasteiger partial charge in [-0.05, 0) is 131 Å². The maximum atomic E-state index is 13.3. The number of fused-ring (bicyclic) bond motifs is 8. The number of urea groups is 1. The fourth-order valence-corrected chi connectivity index (χ4v) is 10.4. The van der Waals surface area contributed by atoms with Crippen LogP contribution in [0.3, 0.4) is 0 Å². The number of H-pyrrole nitrogens is 2. The Morgan fingerprint density at radius 3 is 1.11 bits per heavy atom. The fraction of sp³-hybridized carbons (Fsp3) is 0. The van der Waals surface area contributed by atoms with Gasteiger partial charge in [-0.3, -0.25) is 16.1 Å². The molecule has 368 valence electrons. The fourth-order valence-electron chi connectivity index (χ4n) is 9.13. The van der Waals surface area contributed by atoms with E-state index in [0.29, 0.717) is 17.1 Å². The Labute approximate surface area is 437 Å². The third-order valence-corrected chi connectivity index (χ3v) is 14.3. The molecule has 75 heavy (non-hydrogen) atoms. The van der Waals surface area contributed by atoms with Gasteiger partial charge in [0.25, 0.3) is 0 Å². The number of aromatic amines is 2. The second-order valence-electron chi connectivity index (χ2n) is 17.3. The summed E-state index contributed by atoms with van der Waals surface area (Å²) >= 11 is 0. The van der Waals surface area contributed by atoms with Crippen molar-refractivity contribution in [3.8, 4) is 44.5 Å². The summed E-state index contributed by atoms with van der Waals surface area (Å²) in [6.07, 6.45) is 8.23. The van der Waals surface area contributed by atoms with Crippen molar-refractivity contribution in [1.82, 2.24) is 25.3 Å². The zero-order chi connectivity index (χ0) is 50.8. The van der Waals surface area contributed by atoms with Gasteiger partial charge in [0.05, 0.1) is 32.6 Å². The lowest BCUT2D eigenvalue weighted by Crippen LogP contribution is -2.38. The van der Waals surface area contributed by atoms with Crippen LogP contribution >= 0.6 is 12.4 Å². The van der Waals surface area contributed by atoms with E-state index in [9.17, 15) is 13.2 Å². The van der Waals surface area contributed by atoms with Crippen molar-refractivity contribution < 1.29 is 13.2 Å². The zero-order valence-electron chi connectivity index (χ0n) is 39.7. The van der Waals surface area contributed by atoms with Crippen LogP contribution in [0.4, 0.5) is 21.9 Å². The minimum Gasteiger partial charge on any atom is -0.370 e. The van der Waals surface area contributed by atoms with Crippen molar-refractivity contribution in [2.45, 2.75) is 9.79 Å². The smallest absolute Gasteiger partial charge is 0.325 e. The highest BCUT2D eigenvalue weighted by molar-refractivity contribution is 7.91. The number of anilines is 3. The number of aromatic nitrogens is 4. The van der Waals surface area contributed by atoms with E-state index >= 15 is 0 Å². The Bertz CT molecular complexity index is 3970. The number of amides is 2. The Morgan fingerprint density at radius 1 is 0.427 bits per heavy atom. The molecule has 0 aliphatic carbocycles. The van der Waals surface area contributed by atoms with Gasteiger partial charge in [0, 0.05) is 61.4 Å². The Hall–Kier alpha value is -9.83. The van der Waals surface area contributed by atoms with Crippen LogP contribution < -0.4 is 27.0 Å². The van der Waals surface area contributed by atoms with Gasteiger partial charge in [-0.25, -0.2) is 23.2 Å². The number of sulfone groups is 1. The van der Waals surface area contributed by atoms with Gasteiger partial charge in [-0.1, -0.05) is 103 Å². The molecule has 2 aliphatic heterocycles. The number of halogens is 1. The number of benzene rings is 6. The number of guanidine groups is 2. The highest BCUT2D eigenvalue weighted by atomic mass is 35.5. The van der Waals surface area contributed by atoms with E-state index in [1.54, 1.807) is 12.1 Å². The maximum Gasteiger partial charge on any atom is 0.325 e. The van der Waals surface area contributed by atoms with Crippen molar-refractivity contribution >= 4 is 104 Å². The Kier molecular flexibility index (Phi) is 13.5. The van der Waals surface area contributed by atoms with Crippen LogP contribution in [0.25, 0.3) is 90.9 Å². The summed E-state index contributed by atoms with van der Waals surface area (Å²) in [5.74, 6) is -0.596. The van der Waals surface area contributed by atoms with Gasteiger partial charge in [0.1, 0.15) is 0 Å². The molecule has 0 radical (unpaired) electrons. The molecule has 0 unspecified atom stereocenters. The third-order valence-electron chi connectivity index (χ3n) is 12.5. The lowest BCUT2D eigenvalue weighted by atomic mass is 10.0. The van der Waals surface area contributed by atoms with Crippen LogP contribution in [0.2, 0.25) is 0 Å². The molecule has 2 amide bonds. The Balaban J connectivity index is 0.00000641. The van der Waals surface area contributed by atoms with Gasteiger partial charge in [0.15, 0.2) is 5.96 Å². The third kappa shape index (κ3) is 10.2. The van der Waals surface area contributed by atoms with Crippen molar-refractivity contribution in [3.05, 3.63) is 211 Å². The minimum absolute atomic E-state index is 0. The van der Waals surface area contributed by atoms with Crippen LogP contribution in [-0.2, 0) is 9.84 Å². The van der Waals surface area contributed by atoms with E-state index in [0.717, 1.165) is 89.4 Å². The van der Waals surface area contributed by atoms with E-state index in [1.807, 2.05) is 78.9 Å². The second-order valence-corrected chi connectivity index (χ2v) is 19.3. The zero-order valence-corrected chi connectivity index (χ0v) is 41.4. The van der Waals surface area contributed by atoms with Crippen molar-refractivity contribution in [3.63, 3.8) is 0 Å². The first-order chi connectivity index (χ1) is 36.0. The molecular weight excluding hydrogens is 978 g/mol. The molecule has 5 heterocycles. The van der Waals surface area contributed by atoms with Crippen LogP contribution in [0.15, 0.2) is 198 Å². The Morgan fingerprint density at radius 2 is 0.747 bits per heavy atom. The lowest BCUT2D eigenvalue weighted by Gasteiger charge is -2.12. The molecule has 14 nitrogen and oxygen atoms in total. The summed E-state index contributed by atoms with van der Waals surface area (Å²) in [5.41, 5.74) is 20.9. The van der Waals surface area contributed by atoms with Crippen molar-refractivity contribution in [2.24, 2.45) is 5.73 Å². The minimum atomic E-state index is -3.86. The monoisotopic (exact) mass is 1020 g/mol. The van der Waals surface area contributed by atoms with Gasteiger partial charge in [0.2, 0.25) is 15.8 Å². The maximum absolute atomic E-state index is 13.3. The van der Waals surface area contributed by atoms with Crippen molar-refractivity contribution in [2.75, 3.05) is 16.0 Å². The molecule has 16 heteroatoms. The molecule has 11 rings (SSSR count). The van der Waals surface area contributed by atoms with Gasteiger partial charge in [-0.15, -0.1) is 12.4 Å². The molecule has 9 aromatic rings. The van der Waals surface area contributed by atoms with Crippen LogP contribution in [0.1, 0.15) is 22.8 Å². The standard InChI is InChI=1S/C59H45N11O3S.ClH/c60-57(61)63-40-20-24-43(25-21-40)74(72,73)44-26-22-41(23-27-44)64-58(62)70-59(71)65-42-18-16-39(17-19-42)56-51-34-32-49(68-51)54(37-12-6-2-7-13-37)47-30-28-45(66-47)53(36-10-4-1-5-11-36)46-29-31-48(67-46)55(38-14-8-3-9-15-38)50-33-35-52(56)69-50;/h1-35,66,69H,(H4,60,61,63)(H4,62,64,65,70,71);1H. The molecule has 0 atom stereocenters. The molecule has 0 fully saturated rings.